The van der Waals surface area contributed by atoms with Crippen molar-refractivity contribution < 1.29 is 52.2 Å². The molecular weight excluding hydrogens is 935 g/mol. The van der Waals surface area contributed by atoms with E-state index in [2.05, 4.69) is 65.7 Å². The van der Waals surface area contributed by atoms with Crippen molar-refractivity contribution >= 4 is 23.2 Å². The molecule has 2 aliphatic rings. The lowest BCUT2D eigenvalue weighted by Gasteiger charge is -2.39. The van der Waals surface area contributed by atoms with Gasteiger partial charge in [-0.2, -0.15) is 0 Å². The summed E-state index contributed by atoms with van der Waals surface area (Å²) in [5, 5.41) is 9.82. The number of ether oxygens (including phenoxy) is 9. The number of carbonyl (C=O) groups is 2. The Morgan fingerprint density at radius 3 is 1.99 bits per heavy atom. The molecule has 2 aromatic carbocycles. The number of anilines is 2. The van der Waals surface area contributed by atoms with Crippen LogP contribution in [0.4, 0.5) is 11.4 Å². The fourth-order valence-electron chi connectivity index (χ4n) is 8.61. The zero-order valence-corrected chi connectivity index (χ0v) is 43.7. The fraction of sp³-hybridized carbons (Fsp3) is 0.564. The van der Waals surface area contributed by atoms with Gasteiger partial charge in [0, 0.05) is 93.1 Å². The Morgan fingerprint density at radius 1 is 0.781 bits per heavy atom. The van der Waals surface area contributed by atoms with E-state index in [4.69, 9.17) is 47.6 Å². The number of nitrogens with zero attached hydrogens (tertiary/aromatic N) is 4. The predicted octanol–water partition coefficient (Wildman–Crippen LogP) is 5.10. The number of methoxy groups -OCH3 is 1. The molecule has 18 heteroatoms. The van der Waals surface area contributed by atoms with E-state index in [1.807, 2.05) is 53.6 Å². The Hall–Kier alpha value is -4.96. The molecule has 0 unspecified atom stereocenters. The van der Waals surface area contributed by atoms with Gasteiger partial charge in [-0.1, -0.05) is 44.2 Å². The number of pyridine rings is 2. The molecule has 73 heavy (non-hydrogen) atoms. The Kier molecular flexibility index (Phi) is 24.9. The Balaban J connectivity index is 0.711. The lowest BCUT2D eigenvalue weighted by molar-refractivity contribution is -0.121. The zero-order valence-electron chi connectivity index (χ0n) is 43.7. The number of rotatable bonds is 35. The van der Waals surface area contributed by atoms with E-state index in [9.17, 15) is 9.59 Å². The summed E-state index contributed by atoms with van der Waals surface area (Å²) in [7, 11) is 1.71. The van der Waals surface area contributed by atoms with Gasteiger partial charge in [-0.15, -0.1) is 0 Å². The molecule has 4 heterocycles. The van der Waals surface area contributed by atoms with Gasteiger partial charge in [0.1, 0.15) is 12.4 Å². The normalized spacial score (nSPS) is 16.9. The molecule has 3 atom stereocenters. The second-order valence-electron chi connectivity index (χ2n) is 18.8. The number of piperazine rings is 1. The standard InChI is InChI=1S/C55H79N7O11/c1-42-38-61(49(37-58-42)40-65-5)39-52(63)62-41-55(3,4)53-50(62)35-44(36-59-53)34-47-8-6-7-9-51(47)73-33-32-72-31-30-71-29-28-70-27-26-69-25-24-68-23-22-67-21-20-66-19-18-57-43(2)45-10-12-46(13-11-45)54(64)60-48-14-16-56-17-15-48/h6-17,35-36,42-43,49,57-58H,18-34,37-41H2,1-5H3,(H,56,60,64)/t42-,43-,49-/m1/s1. The van der Waals surface area contributed by atoms with E-state index < -0.39 is 0 Å². The molecule has 0 saturated carbocycles. The number of hydrogen-bond acceptors (Lipinski definition) is 16. The molecule has 0 bridgehead atoms. The summed E-state index contributed by atoms with van der Waals surface area (Å²) in [5.41, 5.74) is 6.05. The smallest absolute Gasteiger partial charge is 0.255 e. The molecule has 1 saturated heterocycles. The van der Waals surface area contributed by atoms with Crippen molar-refractivity contribution in [3.8, 4) is 5.75 Å². The minimum Gasteiger partial charge on any atom is -0.491 e. The Bertz CT molecular complexity index is 2210. The van der Waals surface area contributed by atoms with Gasteiger partial charge in [-0.05, 0) is 66.9 Å². The van der Waals surface area contributed by atoms with Crippen molar-refractivity contribution in [2.75, 3.05) is 156 Å². The molecule has 18 nitrogen and oxygen atoms in total. The monoisotopic (exact) mass is 1010 g/mol. The maximum atomic E-state index is 13.9. The van der Waals surface area contributed by atoms with E-state index in [1.165, 1.54) is 0 Å². The first-order valence-electron chi connectivity index (χ1n) is 25.7. The van der Waals surface area contributed by atoms with E-state index >= 15 is 0 Å². The molecule has 3 N–H and O–H groups in total. The van der Waals surface area contributed by atoms with Crippen LogP contribution in [-0.4, -0.2) is 184 Å². The number of benzene rings is 2. The van der Waals surface area contributed by atoms with E-state index in [-0.39, 0.29) is 29.3 Å². The van der Waals surface area contributed by atoms with Gasteiger partial charge in [0.2, 0.25) is 5.91 Å². The van der Waals surface area contributed by atoms with E-state index in [0.29, 0.717) is 149 Å². The minimum absolute atomic E-state index is 0.0855. The van der Waals surface area contributed by atoms with Crippen LogP contribution in [0.25, 0.3) is 0 Å². The van der Waals surface area contributed by atoms with Crippen molar-refractivity contribution in [1.29, 1.82) is 0 Å². The molecule has 6 rings (SSSR count). The fourth-order valence-corrected chi connectivity index (χ4v) is 8.61. The Morgan fingerprint density at radius 2 is 1.37 bits per heavy atom. The van der Waals surface area contributed by atoms with Crippen LogP contribution >= 0.6 is 0 Å². The van der Waals surface area contributed by atoms with Crippen molar-refractivity contribution in [3.63, 3.8) is 0 Å². The summed E-state index contributed by atoms with van der Waals surface area (Å²) in [6, 6.07) is 21.8. The molecule has 400 valence electrons. The molecule has 2 amide bonds. The molecular formula is C55H79N7O11. The van der Waals surface area contributed by atoms with Crippen molar-refractivity contribution in [1.82, 2.24) is 25.5 Å². The predicted molar refractivity (Wildman–Crippen MR) is 280 cm³/mol. The number of nitrogens with one attached hydrogen (secondary N) is 3. The lowest BCUT2D eigenvalue weighted by atomic mass is 9.91. The summed E-state index contributed by atoms with van der Waals surface area (Å²) < 4.78 is 51.1. The van der Waals surface area contributed by atoms with Gasteiger partial charge >= 0.3 is 0 Å². The van der Waals surface area contributed by atoms with Crippen molar-refractivity contribution in [2.45, 2.75) is 57.7 Å². The van der Waals surface area contributed by atoms with Gasteiger partial charge in [-0.25, -0.2) is 0 Å². The van der Waals surface area contributed by atoms with E-state index in [1.54, 1.807) is 31.6 Å². The maximum absolute atomic E-state index is 13.9. The van der Waals surface area contributed by atoms with Crippen LogP contribution in [0.3, 0.4) is 0 Å². The third-order valence-electron chi connectivity index (χ3n) is 12.5. The van der Waals surface area contributed by atoms with Crippen molar-refractivity contribution in [2.24, 2.45) is 0 Å². The van der Waals surface area contributed by atoms with Crippen LogP contribution in [0.1, 0.15) is 66.5 Å². The second kappa shape index (κ2) is 31.7. The molecule has 4 aromatic rings. The highest BCUT2D eigenvalue weighted by Gasteiger charge is 2.40. The van der Waals surface area contributed by atoms with Gasteiger partial charge in [0.15, 0.2) is 0 Å². The largest absolute Gasteiger partial charge is 0.491 e. The first kappa shape index (κ1) is 57.3. The number of carbonyl (C=O) groups excluding carboxylic acids is 2. The molecule has 1 fully saturated rings. The summed E-state index contributed by atoms with van der Waals surface area (Å²) in [4.78, 5) is 39.4. The van der Waals surface area contributed by atoms with Crippen LogP contribution < -0.4 is 25.6 Å². The second-order valence-corrected chi connectivity index (χ2v) is 18.8. The van der Waals surface area contributed by atoms with Crippen LogP contribution in [0.2, 0.25) is 0 Å². The summed E-state index contributed by atoms with van der Waals surface area (Å²) in [6.45, 7) is 19.5. The number of aromatic nitrogens is 2. The number of amides is 2. The average molecular weight is 1010 g/mol. The third kappa shape index (κ3) is 19.7. The van der Waals surface area contributed by atoms with Crippen molar-refractivity contribution in [3.05, 3.63) is 113 Å². The first-order chi connectivity index (χ1) is 35.6. The molecule has 2 aliphatic heterocycles. The summed E-state index contributed by atoms with van der Waals surface area (Å²) in [5.74, 6) is 0.724. The van der Waals surface area contributed by atoms with Crippen LogP contribution in [-0.2, 0) is 54.5 Å². The third-order valence-corrected chi connectivity index (χ3v) is 12.5. The SMILES string of the molecule is COC[C@H]1CN[C@H](C)CN1CC(=O)N1CC(C)(C)c2ncc(Cc3ccccc3OCCOCCOCCOCCOCCOCCOCCOCCN[C@H](C)c3ccc(C(=O)Nc4ccncc4)cc3)cc21. The minimum atomic E-state index is -0.249. The molecule has 0 radical (unpaired) electrons. The van der Waals surface area contributed by atoms with Crippen LogP contribution in [0, 0.1) is 0 Å². The quantitative estimate of drug-likeness (QED) is 0.0517. The highest BCUT2D eigenvalue weighted by atomic mass is 16.6. The zero-order chi connectivity index (χ0) is 51.5. The number of para-hydroxylation sites is 1. The first-order valence-corrected chi connectivity index (χ1v) is 25.7. The number of fused-ring (bicyclic) bond motifs is 1. The molecule has 0 spiro atoms. The summed E-state index contributed by atoms with van der Waals surface area (Å²) >= 11 is 0. The average Bonchev–Trinajstić information content (AvgIpc) is 3.67. The summed E-state index contributed by atoms with van der Waals surface area (Å²) in [6.07, 6.45) is 5.83. The van der Waals surface area contributed by atoms with Crippen LogP contribution in [0.5, 0.6) is 5.75 Å². The maximum Gasteiger partial charge on any atom is 0.255 e. The van der Waals surface area contributed by atoms with Crippen LogP contribution in [0.15, 0.2) is 85.3 Å². The van der Waals surface area contributed by atoms with E-state index in [0.717, 1.165) is 46.9 Å². The highest BCUT2D eigenvalue weighted by Crippen LogP contribution is 2.40. The van der Waals surface area contributed by atoms with Gasteiger partial charge < -0.3 is 63.5 Å². The molecule has 0 aliphatic carbocycles. The molecule has 2 aromatic heterocycles. The Labute approximate surface area is 432 Å². The topological polar surface area (TPSA) is 186 Å². The highest BCUT2D eigenvalue weighted by molar-refractivity contribution is 6.04. The lowest BCUT2D eigenvalue weighted by Crippen LogP contribution is -2.59. The van der Waals surface area contributed by atoms with Gasteiger partial charge in [0.25, 0.3) is 5.91 Å². The number of hydrogen-bond donors (Lipinski definition) is 3. The van der Waals surface area contributed by atoms with Gasteiger partial charge in [-0.3, -0.25) is 24.5 Å². The van der Waals surface area contributed by atoms with Gasteiger partial charge in [0.05, 0.1) is 117 Å².